The van der Waals surface area contributed by atoms with Crippen molar-refractivity contribution in [1.82, 2.24) is 26.2 Å². The number of primary amides is 1. The fourth-order valence-corrected chi connectivity index (χ4v) is 6.78. The maximum absolute atomic E-state index is 13.6. The summed E-state index contributed by atoms with van der Waals surface area (Å²) in [5.74, 6) is -5.72. The summed E-state index contributed by atoms with van der Waals surface area (Å²) >= 11 is 0. The van der Waals surface area contributed by atoms with E-state index in [0.29, 0.717) is 6.42 Å². The third-order valence-corrected chi connectivity index (χ3v) is 9.47. The molecule has 1 rings (SSSR count). The topological polar surface area (TPSA) is 282 Å². The number of hydrogen-bond donors (Lipinski definition) is 8. The maximum Gasteiger partial charge on any atom is 0.305 e. The van der Waals surface area contributed by atoms with Gasteiger partial charge in [-0.2, -0.15) is 0 Å². The average molecular weight is 648 g/mol. The number of carbonyl (C=O) groups excluding carboxylic acids is 6. The number of carboxylic acid groups (broad SMARTS) is 1. The zero-order valence-electron chi connectivity index (χ0n) is 24.5. The van der Waals surface area contributed by atoms with Crippen molar-refractivity contribution in [1.29, 1.82) is 0 Å². The highest BCUT2D eigenvalue weighted by molar-refractivity contribution is 8.77. The Morgan fingerprint density at radius 1 is 1.12 bits per heavy atom. The molecule has 1 heterocycles. The second kappa shape index (κ2) is 17.5. The van der Waals surface area contributed by atoms with Crippen LogP contribution in [0.15, 0.2) is 4.99 Å². The van der Waals surface area contributed by atoms with Crippen molar-refractivity contribution in [3.05, 3.63) is 0 Å². The summed E-state index contributed by atoms with van der Waals surface area (Å²) in [5, 5.41) is 19.3. The number of nitrogens with two attached hydrogens (primary N) is 3. The van der Waals surface area contributed by atoms with Crippen LogP contribution in [0.4, 0.5) is 0 Å². The van der Waals surface area contributed by atoms with Crippen LogP contribution in [0, 0.1) is 0 Å². The highest BCUT2D eigenvalue weighted by Gasteiger charge is 2.39. The van der Waals surface area contributed by atoms with Crippen LogP contribution in [0.3, 0.4) is 0 Å². The minimum absolute atomic E-state index is 0.0774. The van der Waals surface area contributed by atoms with E-state index in [0.717, 1.165) is 21.6 Å². The molecule has 0 unspecified atom stereocenters. The van der Waals surface area contributed by atoms with E-state index in [1.807, 2.05) is 0 Å². The lowest BCUT2D eigenvalue weighted by Gasteiger charge is -2.33. The van der Waals surface area contributed by atoms with Crippen molar-refractivity contribution in [3.63, 3.8) is 0 Å². The van der Waals surface area contributed by atoms with Crippen LogP contribution in [0.25, 0.3) is 0 Å². The molecule has 0 aromatic carbocycles. The Morgan fingerprint density at radius 3 is 2.33 bits per heavy atom. The molecule has 0 saturated carbocycles. The van der Waals surface area contributed by atoms with Crippen LogP contribution >= 0.6 is 21.6 Å². The van der Waals surface area contributed by atoms with E-state index in [2.05, 4.69) is 26.3 Å². The summed E-state index contributed by atoms with van der Waals surface area (Å²) in [7, 11) is 3.67. The normalized spacial score (nSPS) is 24.1. The molecule has 1 aliphatic rings. The molecule has 0 aromatic rings. The number of likely N-dealkylation sites (N-methyl/N-ethyl adjacent to an activating group) is 1. The van der Waals surface area contributed by atoms with Crippen LogP contribution in [-0.2, 0) is 33.6 Å². The predicted octanol–water partition coefficient (Wildman–Crippen LogP) is -3.37. The van der Waals surface area contributed by atoms with Crippen molar-refractivity contribution in [3.8, 4) is 0 Å². The van der Waals surface area contributed by atoms with Gasteiger partial charge in [-0.15, -0.1) is 0 Å². The fraction of sp³-hybridized carbons (Fsp3) is 0.667. The molecule has 1 fully saturated rings. The largest absolute Gasteiger partial charge is 0.481 e. The number of aliphatic carboxylic acids is 1. The van der Waals surface area contributed by atoms with Gasteiger partial charge in [-0.3, -0.25) is 43.9 Å². The first-order valence-electron chi connectivity index (χ1n) is 13.2. The zero-order chi connectivity index (χ0) is 32.9. The first-order valence-corrected chi connectivity index (χ1v) is 15.5. The highest BCUT2D eigenvalue weighted by atomic mass is 33.1. The van der Waals surface area contributed by atoms with Gasteiger partial charge in [0.2, 0.25) is 29.5 Å². The van der Waals surface area contributed by atoms with E-state index in [4.69, 9.17) is 17.2 Å². The Morgan fingerprint density at radius 2 is 1.77 bits per heavy atom. The Balaban J connectivity index is 3.47. The first kappa shape index (κ1) is 37.4. The molecule has 0 spiro atoms. The third-order valence-electron chi connectivity index (χ3n) is 6.17. The van der Waals surface area contributed by atoms with E-state index >= 15 is 0 Å². The molecule has 11 N–H and O–H groups in total. The Labute approximate surface area is 257 Å². The van der Waals surface area contributed by atoms with Gasteiger partial charge in [-0.25, -0.2) is 0 Å². The molecule has 17 nitrogen and oxygen atoms in total. The number of carbonyl (C=O) groups is 7. The lowest BCUT2D eigenvalue weighted by atomic mass is 10.0. The van der Waals surface area contributed by atoms with Gasteiger partial charge in [0.25, 0.3) is 0 Å². The molecule has 242 valence electrons. The molecule has 1 aliphatic heterocycles. The monoisotopic (exact) mass is 647 g/mol. The van der Waals surface area contributed by atoms with Gasteiger partial charge in [0.15, 0.2) is 5.96 Å². The van der Waals surface area contributed by atoms with Crippen molar-refractivity contribution in [2.45, 2.75) is 68.9 Å². The summed E-state index contributed by atoms with van der Waals surface area (Å²) in [6.45, 7) is 3.94. The van der Waals surface area contributed by atoms with Gasteiger partial charge < -0.3 is 43.2 Å². The molecule has 0 aromatic heterocycles. The number of guanidine groups is 1. The van der Waals surface area contributed by atoms with Crippen molar-refractivity contribution in [2.24, 2.45) is 22.2 Å². The number of aliphatic imine (C=N–C) groups is 1. The van der Waals surface area contributed by atoms with Gasteiger partial charge in [0, 0.05) is 24.1 Å². The second-order valence-corrected chi connectivity index (χ2v) is 13.3. The highest BCUT2D eigenvalue weighted by Crippen LogP contribution is 2.38. The average Bonchev–Trinajstić information content (AvgIpc) is 2.89. The lowest BCUT2D eigenvalue weighted by molar-refractivity contribution is -0.141. The van der Waals surface area contributed by atoms with Crippen molar-refractivity contribution >= 4 is 68.8 Å². The molecule has 1 saturated heterocycles. The third kappa shape index (κ3) is 13.1. The smallest absolute Gasteiger partial charge is 0.305 e. The number of hydrogen-bond acceptors (Lipinski definition) is 11. The molecule has 0 aliphatic carbocycles. The summed E-state index contributed by atoms with van der Waals surface area (Å²) < 4.78 is -1.08. The standard InChI is InChI=1S/C24H41N9O8S2/c1-12(34)9-29-14-11-42-43-24(2,3)18(19(25)38)32-20(39)13(8-17(36)37)31-16(35)10-30-21(40)15(33(4)22(14)41)6-5-7-28-23(26)27/h13-15,18,29H,5-11H2,1-4H3,(H2,25,38)(H,30,40)(H,31,35)(H,32,39)(H,36,37)(H4,26,27,28)/t13-,14-,15-,18-/m0/s1. The predicted molar refractivity (Wildman–Crippen MR) is 161 cm³/mol. The van der Waals surface area contributed by atoms with Crippen LogP contribution < -0.4 is 38.5 Å². The molecule has 5 amide bonds. The Hall–Kier alpha value is -3.58. The minimum Gasteiger partial charge on any atom is -0.481 e. The van der Waals surface area contributed by atoms with Gasteiger partial charge >= 0.3 is 5.97 Å². The maximum atomic E-state index is 13.6. The number of carboxylic acids is 1. The second-order valence-electron chi connectivity index (χ2n) is 10.3. The van der Waals surface area contributed by atoms with Crippen molar-refractivity contribution in [2.75, 3.05) is 32.4 Å². The Kier molecular flexibility index (Phi) is 15.3. The van der Waals surface area contributed by atoms with Gasteiger partial charge in [-0.05, 0) is 33.6 Å². The molecule has 0 radical (unpaired) electrons. The molecule has 4 atom stereocenters. The van der Waals surface area contributed by atoms with E-state index in [1.54, 1.807) is 13.8 Å². The van der Waals surface area contributed by atoms with Gasteiger partial charge in [0.1, 0.15) is 23.9 Å². The molecule has 0 bridgehead atoms. The molecule has 19 heteroatoms. The summed E-state index contributed by atoms with van der Waals surface area (Å²) in [5.41, 5.74) is 16.3. The van der Waals surface area contributed by atoms with Gasteiger partial charge in [0.05, 0.1) is 25.6 Å². The van der Waals surface area contributed by atoms with Crippen LogP contribution in [0.1, 0.15) is 40.0 Å². The van der Waals surface area contributed by atoms with E-state index in [-0.39, 0.29) is 37.0 Å². The van der Waals surface area contributed by atoms with Crippen LogP contribution in [-0.4, -0.2) is 119 Å². The molecular weight excluding hydrogens is 606 g/mol. The van der Waals surface area contributed by atoms with E-state index in [9.17, 15) is 38.7 Å². The lowest BCUT2D eigenvalue weighted by Crippen LogP contribution is -2.59. The fourth-order valence-electron chi connectivity index (χ4n) is 3.92. The summed E-state index contributed by atoms with van der Waals surface area (Å²) in [6.07, 6.45) is -0.419. The van der Waals surface area contributed by atoms with Crippen LogP contribution in [0.2, 0.25) is 0 Å². The number of rotatable bonds is 10. The number of Topliss-reactive ketones (excluding diaryl/α,β-unsaturated/α-hetero) is 1. The quantitative estimate of drug-likeness (QED) is 0.0498. The van der Waals surface area contributed by atoms with Gasteiger partial charge in [-0.1, -0.05) is 21.6 Å². The number of nitrogens with zero attached hydrogens (tertiary/aromatic N) is 2. The van der Waals surface area contributed by atoms with Crippen molar-refractivity contribution < 1.29 is 38.7 Å². The molecule has 43 heavy (non-hydrogen) atoms. The van der Waals surface area contributed by atoms with E-state index < -0.39 is 77.4 Å². The number of nitrogens with one attached hydrogen (secondary N) is 4. The first-order chi connectivity index (χ1) is 20.0. The summed E-state index contributed by atoms with van der Waals surface area (Å²) in [6, 6.07) is -4.93. The summed E-state index contributed by atoms with van der Waals surface area (Å²) in [4.78, 5) is 93.1. The molecular formula is C24H41N9O8S2. The number of amides is 5. The van der Waals surface area contributed by atoms with Crippen LogP contribution in [0.5, 0.6) is 0 Å². The van der Waals surface area contributed by atoms with E-state index in [1.165, 1.54) is 18.9 Å². The SMILES string of the molecule is CC(=O)CN[C@H]1CSSC(C)(C)[C@H](C(N)=O)NC(=O)[C@H](CC(=O)O)NC(=O)CNC(=O)[C@H](CCCN=C(N)N)N(C)C1=O. The number of ketones is 1. The minimum atomic E-state index is -1.59. The zero-order valence-corrected chi connectivity index (χ0v) is 26.1. The Bertz CT molecular complexity index is 1100.